The van der Waals surface area contributed by atoms with Crippen LogP contribution in [-0.2, 0) is 0 Å². The molecule has 0 aromatic heterocycles. The average molecular weight is 324 g/mol. The zero-order chi connectivity index (χ0) is 15.1. The number of aliphatic hydroxyl groups is 1. The van der Waals surface area contributed by atoms with Crippen molar-refractivity contribution in [3.05, 3.63) is 71.5 Å². The Hall–Kier alpha value is -1.42. The monoisotopic (exact) mass is 323 g/mol. The van der Waals surface area contributed by atoms with Crippen LogP contribution >= 0.6 is 12.4 Å². The van der Waals surface area contributed by atoms with Gasteiger partial charge in [0.05, 0.1) is 6.10 Å². The highest BCUT2D eigenvalue weighted by atomic mass is 35.5. The number of hydrogen-bond donors (Lipinski definition) is 2. The molecule has 0 bridgehead atoms. The molecule has 0 aliphatic rings. The highest BCUT2D eigenvalue weighted by molar-refractivity contribution is 5.85. The second kappa shape index (κ2) is 9.57. The zero-order valence-electron chi connectivity index (χ0n) is 12.7. The van der Waals surface area contributed by atoms with Crippen molar-refractivity contribution in [1.82, 2.24) is 5.32 Å². The van der Waals surface area contributed by atoms with Crippen LogP contribution in [0.5, 0.6) is 0 Å². The van der Waals surface area contributed by atoms with Crippen LogP contribution < -0.4 is 5.32 Å². The number of benzene rings is 2. The van der Waals surface area contributed by atoms with Crippen LogP contribution in [0, 0.1) is 5.82 Å². The lowest BCUT2D eigenvalue weighted by molar-refractivity contribution is 0.174. The van der Waals surface area contributed by atoms with E-state index in [2.05, 4.69) is 12.2 Å². The second-order valence-electron chi connectivity index (χ2n) is 5.37. The van der Waals surface area contributed by atoms with Gasteiger partial charge < -0.3 is 10.4 Å². The molecule has 0 amide bonds. The molecule has 2 nitrogen and oxygen atoms in total. The first-order valence-electron chi connectivity index (χ1n) is 7.36. The van der Waals surface area contributed by atoms with Crippen molar-refractivity contribution >= 4 is 12.4 Å². The highest BCUT2D eigenvalue weighted by Gasteiger charge is 2.08. The van der Waals surface area contributed by atoms with Crippen LogP contribution in [0.3, 0.4) is 0 Å². The highest BCUT2D eigenvalue weighted by Crippen LogP contribution is 2.18. The van der Waals surface area contributed by atoms with Crippen molar-refractivity contribution in [2.45, 2.75) is 25.4 Å². The summed E-state index contributed by atoms with van der Waals surface area (Å²) in [4.78, 5) is 0. The average Bonchev–Trinajstić information content (AvgIpc) is 2.52. The van der Waals surface area contributed by atoms with E-state index >= 15 is 0 Å². The van der Waals surface area contributed by atoms with Gasteiger partial charge in [0.1, 0.15) is 5.82 Å². The maximum atomic E-state index is 12.9. The second-order valence-corrected chi connectivity index (χ2v) is 5.37. The molecule has 2 atom stereocenters. The third-order valence-electron chi connectivity index (χ3n) is 3.72. The van der Waals surface area contributed by atoms with Crippen molar-refractivity contribution in [3.63, 3.8) is 0 Å². The van der Waals surface area contributed by atoms with E-state index in [1.807, 2.05) is 42.5 Å². The Morgan fingerprint density at radius 1 is 1.00 bits per heavy atom. The first-order chi connectivity index (χ1) is 10.2. The molecule has 1 unspecified atom stereocenters. The predicted octanol–water partition coefficient (Wildman–Crippen LogP) is 4.06. The smallest absolute Gasteiger partial charge is 0.123 e. The van der Waals surface area contributed by atoms with Crippen molar-refractivity contribution in [3.8, 4) is 0 Å². The Morgan fingerprint density at radius 2 is 1.64 bits per heavy atom. The summed E-state index contributed by atoms with van der Waals surface area (Å²) in [5.74, 6) is 0.169. The molecule has 22 heavy (non-hydrogen) atoms. The fourth-order valence-corrected chi connectivity index (χ4v) is 2.31. The van der Waals surface area contributed by atoms with E-state index in [1.54, 1.807) is 0 Å². The van der Waals surface area contributed by atoms with Gasteiger partial charge in [0, 0.05) is 6.54 Å². The topological polar surface area (TPSA) is 32.3 Å². The molecule has 0 aliphatic carbocycles. The summed E-state index contributed by atoms with van der Waals surface area (Å²) >= 11 is 0. The molecule has 120 valence electrons. The van der Waals surface area contributed by atoms with Crippen LogP contribution in [-0.4, -0.2) is 18.2 Å². The molecular weight excluding hydrogens is 301 g/mol. The predicted molar refractivity (Wildman–Crippen MR) is 91.0 cm³/mol. The normalized spacial score (nSPS) is 13.2. The molecule has 2 N–H and O–H groups in total. The number of halogens is 2. The SMILES string of the molecule is C[C@H](CCNCC(O)c1ccccc1)c1ccc(F)cc1.Cl. The molecule has 4 heteroatoms. The van der Waals surface area contributed by atoms with Crippen LogP contribution in [0.15, 0.2) is 54.6 Å². The van der Waals surface area contributed by atoms with Gasteiger partial charge in [-0.25, -0.2) is 4.39 Å². The summed E-state index contributed by atoms with van der Waals surface area (Å²) in [6.07, 6.45) is 0.472. The van der Waals surface area contributed by atoms with E-state index in [9.17, 15) is 9.50 Å². The Balaban J connectivity index is 0.00000242. The summed E-state index contributed by atoms with van der Waals surface area (Å²) in [6.45, 7) is 3.49. The molecule has 0 spiro atoms. The van der Waals surface area contributed by atoms with Gasteiger partial charge in [0.15, 0.2) is 0 Å². The number of rotatable bonds is 7. The lowest BCUT2D eigenvalue weighted by Crippen LogP contribution is -2.23. The first-order valence-corrected chi connectivity index (χ1v) is 7.36. The first kappa shape index (κ1) is 18.6. The van der Waals surface area contributed by atoms with Crippen LogP contribution in [0.25, 0.3) is 0 Å². The number of aliphatic hydroxyl groups excluding tert-OH is 1. The van der Waals surface area contributed by atoms with Gasteiger partial charge in [-0.1, -0.05) is 49.4 Å². The maximum absolute atomic E-state index is 12.9. The summed E-state index contributed by atoms with van der Waals surface area (Å²) in [5, 5.41) is 13.3. The minimum absolute atomic E-state index is 0. The molecule has 0 aliphatic heterocycles. The lowest BCUT2D eigenvalue weighted by atomic mass is 9.98. The molecule has 2 aromatic rings. The fraction of sp³-hybridized carbons (Fsp3) is 0.333. The largest absolute Gasteiger partial charge is 0.387 e. The quantitative estimate of drug-likeness (QED) is 0.753. The number of hydrogen-bond acceptors (Lipinski definition) is 2. The van der Waals surface area contributed by atoms with Crippen molar-refractivity contribution in [2.75, 3.05) is 13.1 Å². The minimum Gasteiger partial charge on any atom is -0.387 e. The third-order valence-corrected chi connectivity index (χ3v) is 3.72. The molecular formula is C18H23ClFNO. The molecule has 2 aromatic carbocycles. The van der Waals surface area contributed by atoms with Crippen molar-refractivity contribution in [2.24, 2.45) is 0 Å². The fourth-order valence-electron chi connectivity index (χ4n) is 2.31. The molecule has 0 heterocycles. The number of nitrogens with one attached hydrogen (secondary N) is 1. The van der Waals surface area contributed by atoms with Gasteiger partial charge in [-0.3, -0.25) is 0 Å². The Bertz CT molecular complexity index is 533. The van der Waals surface area contributed by atoms with E-state index in [0.29, 0.717) is 12.5 Å². The third kappa shape index (κ3) is 5.76. The van der Waals surface area contributed by atoms with E-state index in [1.165, 1.54) is 12.1 Å². The van der Waals surface area contributed by atoms with Gasteiger partial charge in [0.25, 0.3) is 0 Å². The summed E-state index contributed by atoms with van der Waals surface area (Å²) in [6, 6.07) is 16.3. The Labute approximate surface area is 137 Å². The zero-order valence-corrected chi connectivity index (χ0v) is 13.5. The molecule has 0 radical (unpaired) electrons. The summed E-state index contributed by atoms with van der Waals surface area (Å²) in [5.41, 5.74) is 2.07. The van der Waals surface area contributed by atoms with Gasteiger partial charge in [0.2, 0.25) is 0 Å². The minimum atomic E-state index is -0.479. The standard InChI is InChI=1S/C18H22FNO.ClH/c1-14(15-7-9-17(19)10-8-15)11-12-20-13-18(21)16-5-3-2-4-6-16;/h2-10,14,18,20-21H,11-13H2,1H3;1H/t14-,18?;/m1./s1. The van der Waals surface area contributed by atoms with Crippen LogP contribution in [0.4, 0.5) is 4.39 Å². The van der Waals surface area contributed by atoms with Crippen molar-refractivity contribution in [1.29, 1.82) is 0 Å². The summed E-state index contributed by atoms with van der Waals surface area (Å²) in [7, 11) is 0. The van der Waals surface area contributed by atoms with E-state index in [-0.39, 0.29) is 18.2 Å². The van der Waals surface area contributed by atoms with E-state index in [4.69, 9.17) is 0 Å². The molecule has 0 saturated carbocycles. The Morgan fingerprint density at radius 3 is 2.27 bits per heavy atom. The van der Waals surface area contributed by atoms with Crippen LogP contribution in [0.2, 0.25) is 0 Å². The van der Waals surface area contributed by atoms with Gasteiger partial charge in [-0.2, -0.15) is 0 Å². The van der Waals surface area contributed by atoms with Gasteiger partial charge >= 0.3 is 0 Å². The maximum Gasteiger partial charge on any atom is 0.123 e. The summed E-state index contributed by atoms with van der Waals surface area (Å²) < 4.78 is 12.9. The van der Waals surface area contributed by atoms with Gasteiger partial charge in [-0.05, 0) is 42.1 Å². The lowest BCUT2D eigenvalue weighted by Gasteiger charge is -2.15. The van der Waals surface area contributed by atoms with Gasteiger partial charge in [-0.15, -0.1) is 12.4 Å². The molecule has 2 rings (SSSR count). The van der Waals surface area contributed by atoms with Crippen molar-refractivity contribution < 1.29 is 9.50 Å². The van der Waals surface area contributed by atoms with Crippen LogP contribution in [0.1, 0.15) is 36.5 Å². The molecule has 0 fully saturated rings. The van der Waals surface area contributed by atoms with E-state index < -0.39 is 6.10 Å². The molecule has 0 saturated heterocycles. The Kier molecular flexibility index (Phi) is 8.10. The van der Waals surface area contributed by atoms with E-state index in [0.717, 1.165) is 24.1 Å².